The molecule has 0 N–H and O–H groups in total. The number of hydrogen-bond acceptors (Lipinski definition) is 8. The van der Waals surface area contributed by atoms with Gasteiger partial charge in [-0.1, -0.05) is 0 Å². The Morgan fingerprint density at radius 1 is 0.679 bits per heavy atom. The molecule has 170 valence electrons. The van der Waals surface area contributed by atoms with Gasteiger partial charge < -0.3 is 4.74 Å². The van der Waals surface area contributed by atoms with Gasteiger partial charge in [0.15, 0.2) is 0 Å². The molecule has 0 aromatic heterocycles. The summed E-state index contributed by atoms with van der Waals surface area (Å²) in [5.41, 5.74) is 0. The summed E-state index contributed by atoms with van der Waals surface area (Å²) in [6, 6.07) is 0. The molecule has 0 heterocycles. The molecule has 9 heteroatoms. The van der Waals surface area contributed by atoms with Crippen molar-refractivity contribution in [2.45, 2.75) is 13.3 Å². The Kier molecular flexibility index (Phi) is 16.3. The van der Waals surface area contributed by atoms with Crippen molar-refractivity contribution in [2.24, 2.45) is 0 Å². The molecule has 0 aliphatic heterocycles. The minimum atomic E-state index is -2.54. The second kappa shape index (κ2) is 16.5. The summed E-state index contributed by atoms with van der Waals surface area (Å²) in [4.78, 5) is 12.2. The molecule has 0 amide bonds. The molecule has 0 aromatic carbocycles. The van der Waals surface area contributed by atoms with Gasteiger partial charge >= 0.3 is 151 Å². The molecule has 0 saturated carbocycles. The monoisotopic (exact) mass is 428 g/mol. The van der Waals surface area contributed by atoms with Crippen molar-refractivity contribution in [3.63, 3.8) is 0 Å². The first kappa shape index (κ1) is 27.7. The number of carbonyl (C=O) groups excluding carboxylic acids is 1. The summed E-state index contributed by atoms with van der Waals surface area (Å²) >= 11 is 0. The summed E-state index contributed by atoms with van der Waals surface area (Å²) in [5.74, 6) is -0.214. The van der Waals surface area contributed by atoms with Crippen LogP contribution in [0, 0.1) is 0 Å². The summed E-state index contributed by atoms with van der Waals surface area (Å²) < 4.78 is 37.4. The topological polar surface area (TPSA) is 81.7 Å². The summed E-state index contributed by atoms with van der Waals surface area (Å²) in [5, 5.41) is 0. The number of rotatable bonds is 20. The zero-order valence-corrected chi connectivity index (χ0v) is 19.3. The van der Waals surface area contributed by atoms with Crippen LogP contribution in [-0.4, -0.2) is 112 Å². The molecule has 0 atom stereocenters. The molecule has 0 saturated heterocycles. The summed E-state index contributed by atoms with van der Waals surface area (Å²) in [6.07, 6.45) is 1.81. The van der Waals surface area contributed by atoms with Crippen molar-refractivity contribution >= 4 is 12.8 Å². The first-order chi connectivity index (χ1) is 13.4. The number of hydrogen-bond donors (Lipinski definition) is 0. The first-order valence-corrected chi connectivity index (χ1v) is 13.3. The zero-order valence-electron chi connectivity index (χ0n) is 18.4. The average molecular weight is 429 g/mol. The third-order valence-corrected chi connectivity index (χ3v) is 8.76. The van der Waals surface area contributed by atoms with Crippen LogP contribution in [0.5, 0.6) is 0 Å². The van der Waals surface area contributed by atoms with Gasteiger partial charge in [0.05, 0.1) is 6.61 Å². The van der Waals surface area contributed by atoms with E-state index in [0.717, 1.165) is 12.3 Å². The predicted octanol–water partition coefficient (Wildman–Crippen LogP) is 2.03. The van der Waals surface area contributed by atoms with E-state index < -0.39 is 6.83 Å². The maximum atomic E-state index is 12.2. The Morgan fingerprint density at radius 3 is 1.57 bits per heavy atom. The quantitative estimate of drug-likeness (QED) is 0.215. The molecule has 0 aliphatic rings. The van der Waals surface area contributed by atoms with Gasteiger partial charge in [-0.15, -0.1) is 0 Å². The third-order valence-electron chi connectivity index (χ3n) is 4.39. The van der Waals surface area contributed by atoms with E-state index in [9.17, 15) is 4.79 Å². The molecule has 0 spiro atoms. The fraction of sp³-hybridized carbons (Fsp3) is 0.947. The van der Waals surface area contributed by atoms with Crippen LogP contribution >= 0.6 is 6.83 Å². The molecule has 28 heavy (non-hydrogen) atoms. The van der Waals surface area contributed by atoms with Crippen molar-refractivity contribution < 1.29 is 37.7 Å². The molecule has 0 aromatic rings. The van der Waals surface area contributed by atoms with Crippen molar-refractivity contribution in [3.05, 3.63) is 0 Å². The zero-order chi connectivity index (χ0) is 21.2. The Labute approximate surface area is 170 Å². The number of methoxy groups -OCH3 is 2. The van der Waals surface area contributed by atoms with Crippen molar-refractivity contribution in [1.29, 1.82) is 0 Å². The van der Waals surface area contributed by atoms with Gasteiger partial charge in [-0.05, 0) is 0 Å². The van der Waals surface area contributed by atoms with E-state index in [1.165, 1.54) is 0 Å². The predicted molar refractivity (Wildman–Crippen MR) is 112 cm³/mol. The van der Waals surface area contributed by atoms with Crippen molar-refractivity contribution in [2.75, 3.05) is 106 Å². The molecule has 0 radical (unpaired) electrons. The first-order valence-electron chi connectivity index (χ1n) is 9.88. The van der Waals surface area contributed by atoms with E-state index >= 15 is 0 Å². The summed E-state index contributed by atoms with van der Waals surface area (Å²) in [7, 11) is 3.28. The molecule has 8 nitrogen and oxygen atoms in total. The van der Waals surface area contributed by atoms with Gasteiger partial charge in [-0.25, -0.2) is 0 Å². The normalized spacial score (nSPS) is 13.2. The fourth-order valence-electron chi connectivity index (χ4n) is 2.09. The van der Waals surface area contributed by atoms with Gasteiger partial charge in [0, 0.05) is 7.11 Å². The van der Waals surface area contributed by atoms with E-state index in [0.29, 0.717) is 66.1 Å². The van der Waals surface area contributed by atoms with Crippen LogP contribution in [0.25, 0.3) is 0 Å². The van der Waals surface area contributed by atoms with E-state index in [-0.39, 0.29) is 12.4 Å². The van der Waals surface area contributed by atoms with E-state index in [2.05, 4.69) is 20.3 Å². The Hall–Kier alpha value is -0.340. The van der Waals surface area contributed by atoms with E-state index in [1.54, 1.807) is 14.2 Å². The number of ether oxygens (including phenoxy) is 6. The van der Waals surface area contributed by atoms with E-state index in [4.69, 9.17) is 32.9 Å². The maximum absolute atomic E-state index is 12.2. The Bertz CT molecular complexity index is 392. The van der Waals surface area contributed by atoms with Crippen molar-refractivity contribution in [3.8, 4) is 0 Å². The van der Waals surface area contributed by atoms with Crippen LogP contribution in [0.1, 0.15) is 13.3 Å². The molecular weight excluding hydrogens is 387 g/mol. The molecular formula is C19H41O8P. The molecule has 0 rings (SSSR count). The summed E-state index contributed by atoms with van der Waals surface area (Å²) in [6.45, 7) is 8.78. The molecule has 0 fully saturated rings. The molecule has 0 aliphatic carbocycles. The van der Waals surface area contributed by atoms with Crippen LogP contribution in [0.4, 0.5) is 0 Å². The van der Waals surface area contributed by atoms with Gasteiger partial charge in [0.2, 0.25) is 0 Å². The van der Waals surface area contributed by atoms with Gasteiger partial charge in [0.1, 0.15) is 0 Å². The Morgan fingerprint density at radius 2 is 1.11 bits per heavy atom. The standard InChI is InChI=1S/C19H41O8P/c1-6-28(4,5,18-17-26-12-10-22-3)27-19(20)7-8-23-13-14-25-16-15-24-11-9-21-2/h6-18H2,1-5H3. The van der Waals surface area contributed by atoms with E-state index in [1.807, 2.05) is 0 Å². The average Bonchev–Trinajstić information content (AvgIpc) is 2.66. The molecule has 0 bridgehead atoms. The molecule has 0 unspecified atom stereocenters. The van der Waals surface area contributed by atoms with Crippen LogP contribution in [0.2, 0.25) is 0 Å². The van der Waals surface area contributed by atoms with Gasteiger partial charge in [-0.3, -0.25) is 0 Å². The second-order valence-corrected chi connectivity index (χ2v) is 13.6. The SMILES string of the molecule is CCP(C)(C)(CCOCCOC)OC(=O)CCOCCOCCOCCOC. The second-order valence-electron chi connectivity index (χ2n) is 7.25. The smallest absolute Gasteiger partial charge is 0.382 e. The van der Waals surface area contributed by atoms with Crippen LogP contribution in [0.3, 0.4) is 0 Å². The fourth-order valence-corrected chi connectivity index (χ4v) is 4.12. The Balaban J connectivity index is 3.81. The van der Waals surface area contributed by atoms with Gasteiger partial charge in [-0.2, -0.15) is 0 Å². The van der Waals surface area contributed by atoms with Crippen LogP contribution < -0.4 is 0 Å². The van der Waals surface area contributed by atoms with Crippen LogP contribution in [-0.2, 0) is 37.7 Å². The minimum absolute atomic E-state index is 0.214. The van der Waals surface area contributed by atoms with Gasteiger partial charge in [0.25, 0.3) is 0 Å². The van der Waals surface area contributed by atoms with Crippen molar-refractivity contribution in [1.82, 2.24) is 0 Å². The third kappa shape index (κ3) is 15.6. The number of carbonyl (C=O) groups is 1. The minimum Gasteiger partial charge on any atom is -0.382 e. The van der Waals surface area contributed by atoms with Crippen LogP contribution in [0.15, 0.2) is 0 Å².